The van der Waals surface area contributed by atoms with Crippen molar-refractivity contribution in [1.29, 1.82) is 5.41 Å². The molecular formula is C20H27FN2O. The standard InChI is InChI=1S/C20H27FN2O/c21-18-5-3-16(4-6-18)20(24)17-10-13-23(14-11-17)12-9-15-1-7-19(22)8-2-15/h3-6,15,17,22H,1-2,7-14H2. The minimum atomic E-state index is -0.292. The molecule has 0 unspecified atom stereocenters. The van der Waals surface area contributed by atoms with E-state index in [1.165, 1.54) is 31.4 Å². The summed E-state index contributed by atoms with van der Waals surface area (Å²) in [7, 11) is 0. The molecule has 130 valence electrons. The molecule has 2 aliphatic rings. The lowest BCUT2D eigenvalue weighted by molar-refractivity contribution is 0.0834. The summed E-state index contributed by atoms with van der Waals surface area (Å²) in [4.78, 5) is 15.0. The molecule has 1 aromatic carbocycles. The van der Waals surface area contributed by atoms with E-state index in [0.29, 0.717) is 5.56 Å². The van der Waals surface area contributed by atoms with Gasteiger partial charge in [0.2, 0.25) is 0 Å². The summed E-state index contributed by atoms with van der Waals surface area (Å²) in [5, 5.41) is 7.69. The highest BCUT2D eigenvalue weighted by Gasteiger charge is 2.26. The Bertz CT molecular complexity index is 566. The predicted octanol–water partition coefficient (Wildman–Crippen LogP) is 4.32. The van der Waals surface area contributed by atoms with Gasteiger partial charge in [0.1, 0.15) is 5.82 Å². The summed E-state index contributed by atoms with van der Waals surface area (Å²) in [5.74, 6) is 0.735. The first-order chi connectivity index (χ1) is 11.6. The lowest BCUT2D eigenvalue weighted by Gasteiger charge is -2.33. The molecule has 0 bridgehead atoms. The van der Waals surface area contributed by atoms with Crippen LogP contribution in [0.5, 0.6) is 0 Å². The fourth-order valence-electron chi connectivity index (χ4n) is 3.95. The molecule has 1 saturated carbocycles. The number of carbonyl (C=O) groups excluding carboxylic acids is 1. The quantitative estimate of drug-likeness (QED) is 0.817. The molecule has 1 N–H and O–H groups in total. The number of likely N-dealkylation sites (tertiary alicyclic amines) is 1. The van der Waals surface area contributed by atoms with E-state index in [9.17, 15) is 9.18 Å². The van der Waals surface area contributed by atoms with Crippen molar-refractivity contribution in [3.63, 3.8) is 0 Å². The second-order valence-electron chi connectivity index (χ2n) is 7.32. The largest absolute Gasteiger partial charge is 0.310 e. The maximum Gasteiger partial charge on any atom is 0.166 e. The molecule has 1 aromatic rings. The molecule has 0 atom stereocenters. The lowest BCUT2D eigenvalue weighted by atomic mass is 9.85. The maximum absolute atomic E-state index is 13.0. The number of nitrogens with zero attached hydrogens (tertiary/aromatic N) is 1. The summed E-state index contributed by atoms with van der Waals surface area (Å²) in [6.07, 6.45) is 7.37. The monoisotopic (exact) mass is 330 g/mol. The van der Waals surface area contributed by atoms with Gasteiger partial charge >= 0.3 is 0 Å². The van der Waals surface area contributed by atoms with Crippen LogP contribution in [0.3, 0.4) is 0 Å². The SMILES string of the molecule is N=C1CCC(CCN2CCC(C(=O)c3ccc(F)cc3)CC2)CC1. The smallest absolute Gasteiger partial charge is 0.166 e. The number of piperidine rings is 1. The average molecular weight is 330 g/mol. The predicted molar refractivity (Wildman–Crippen MR) is 94.2 cm³/mol. The first-order valence-electron chi connectivity index (χ1n) is 9.20. The second kappa shape index (κ2) is 8.02. The number of rotatable bonds is 5. The number of hydrogen-bond donors (Lipinski definition) is 1. The van der Waals surface area contributed by atoms with Crippen LogP contribution in [0.4, 0.5) is 4.39 Å². The topological polar surface area (TPSA) is 44.2 Å². The van der Waals surface area contributed by atoms with E-state index in [0.717, 1.165) is 56.9 Å². The van der Waals surface area contributed by atoms with Gasteiger partial charge in [-0.05, 0) is 94.8 Å². The number of Topliss-reactive ketones (excluding diaryl/α,β-unsaturated/α-hetero) is 1. The molecule has 0 aromatic heterocycles. The van der Waals surface area contributed by atoms with E-state index in [-0.39, 0.29) is 17.5 Å². The third-order valence-corrected chi connectivity index (χ3v) is 5.65. The number of carbonyl (C=O) groups is 1. The van der Waals surface area contributed by atoms with Crippen LogP contribution in [0.2, 0.25) is 0 Å². The molecule has 4 heteroatoms. The third kappa shape index (κ3) is 4.50. The first kappa shape index (κ1) is 17.3. The van der Waals surface area contributed by atoms with Gasteiger partial charge in [0.15, 0.2) is 5.78 Å². The van der Waals surface area contributed by atoms with Gasteiger partial charge in [-0.3, -0.25) is 4.79 Å². The van der Waals surface area contributed by atoms with Gasteiger partial charge in [-0.1, -0.05) is 0 Å². The first-order valence-corrected chi connectivity index (χ1v) is 9.20. The molecule has 3 nitrogen and oxygen atoms in total. The zero-order valence-corrected chi connectivity index (χ0v) is 14.3. The van der Waals surface area contributed by atoms with Crippen LogP contribution in [0.15, 0.2) is 24.3 Å². The van der Waals surface area contributed by atoms with Gasteiger partial charge in [0.05, 0.1) is 0 Å². The van der Waals surface area contributed by atoms with Crippen molar-refractivity contribution in [1.82, 2.24) is 4.90 Å². The van der Waals surface area contributed by atoms with Crippen LogP contribution < -0.4 is 0 Å². The van der Waals surface area contributed by atoms with Crippen molar-refractivity contribution in [3.8, 4) is 0 Å². The normalized spacial score (nSPS) is 23.4. The van der Waals surface area contributed by atoms with E-state index in [4.69, 9.17) is 5.41 Å². The minimum absolute atomic E-state index is 0.0851. The number of benzene rings is 1. The molecule has 3 rings (SSSR count). The molecule has 2 fully saturated rings. The molecule has 24 heavy (non-hydrogen) atoms. The molecule has 0 amide bonds. The zero-order chi connectivity index (χ0) is 16.9. The Balaban J connectivity index is 1.41. The van der Waals surface area contributed by atoms with Gasteiger partial charge in [-0.25, -0.2) is 4.39 Å². The summed E-state index contributed by atoms with van der Waals surface area (Å²) < 4.78 is 13.0. The van der Waals surface area contributed by atoms with Crippen molar-refractivity contribution in [2.45, 2.75) is 44.9 Å². The van der Waals surface area contributed by atoms with Crippen LogP contribution >= 0.6 is 0 Å². The van der Waals surface area contributed by atoms with E-state index < -0.39 is 0 Å². The number of hydrogen-bond acceptors (Lipinski definition) is 3. The Hall–Kier alpha value is -1.55. The van der Waals surface area contributed by atoms with Crippen LogP contribution in [0.1, 0.15) is 55.3 Å². The van der Waals surface area contributed by atoms with Gasteiger partial charge in [-0.15, -0.1) is 0 Å². The van der Waals surface area contributed by atoms with Crippen LogP contribution in [0, 0.1) is 23.1 Å². The highest BCUT2D eigenvalue weighted by atomic mass is 19.1. The van der Waals surface area contributed by atoms with Gasteiger partial charge in [0, 0.05) is 17.2 Å². The van der Waals surface area contributed by atoms with Crippen molar-refractivity contribution in [2.75, 3.05) is 19.6 Å². The third-order valence-electron chi connectivity index (χ3n) is 5.65. The highest BCUT2D eigenvalue weighted by molar-refractivity contribution is 5.97. The Kier molecular flexibility index (Phi) is 5.77. The summed E-state index contributed by atoms with van der Waals surface area (Å²) >= 11 is 0. The zero-order valence-electron chi connectivity index (χ0n) is 14.3. The number of ketones is 1. The van der Waals surface area contributed by atoms with Gasteiger partial charge in [-0.2, -0.15) is 0 Å². The van der Waals surface area contributed by atoms with Crippen LogP contribution in [0.25, 0.3) is 0 Å². The molecule has 0 radical (unpaired) electrons. The lowest BCUT2D eigenvalue weighted by Crippen LogP contribution is -2.37. The summed E-state index contributed by atoms with van der Waals surface area (Å²) in [6, 6.07) is 5.94. The molecular weight excluding hydrogens is 303 g/mol. The van der Waals surface area contributed by atoms with Gasteiger partial charge in [0.25, 0.3) is 0 Å². The second-order valence-corrected chi connectivity index (χ2v) is 7.32. The van der Waals surface area contributed by atoms with E-state index in [1.807, 2.05) is 0 Å². The number of nitrogens with one attached hydrogen (secondary N) is 1. The van der Waals surface area contributed by atoms with Crippen molar-refractivity contribution in [3.05, 3.63) is 35.6 Å². The van der Waals surface area contributed by atoms with E-state index in [1.54, 1.807) is 12.1 Å². The van der Waals surface area contributed by atoms with Crippen LogP contribution in [-0.2, 0) is 0 Å². The number of halogens is 1. The highest BCUT2D eigenvalue weighted by Crippen LogP contribution is 2.26. The molecule has 1 heterocycles. The average Bonchev–Trinajstić information content (AvgIpc) is 2.62. The van der Waals surface area contributed by atoms with Crippen molar-refractivity contribution >= 4 is 11.5 Å². The van der Waals surface area contributed by atoms with Gasteiger partial charge < -0.3 is 10.3 Å². The summed E-state index contributed by atoms with van der Waals surface area (Å²) in [6.45, 7) is 3.09. The minimum Gasteiger partial charge on any atom is -0.310 e. The van der Waals surface area contributed by atoms with Crippen molar-refractivity contribution < 1.29 is 9.18 Å². The molecule has 1 saturated heterocycles. The Labute approximate surface area is 143 Å². The van der Waals surface area contributed by atoms with E-state index >= 15 is 0 Å². The molecule has 1 aliphatic carbocycles. The Morgan fingerprint density at radius 1 is 1.08 bits per heavy atom. The summed E-state index contributed by atoms with van der Waals surface area (Å²) in [5.41, 5.74) is 1.56. The Morgan fingerprint density at radius 2 is 1.71 bits per heavy atom. The Morgan fingerprint density at radius 3 is 2.33 bits per heavy atom. The van der Waals surface area contributed by atoms with E-state index in [2.05, 4.69) is 4.90 Å². The fourth-order valence-corrected chi connectivity index (χ4v) is 3.95. The maximum atomic E-state index is 13.0. The van der Waals surface area contributed by atoms with Crippen LogP contribution in [-0.4, -0.2) is 36.0 Å². The molecule has 1 aliphatic heterocycles. The molecule has 0 spiro atoms. The fraction of sp³-hybridized carbons (Fsp3) is 0.600. The van der Waals surface area contributed by atoms with Crippen molar-refractivity contribution in [2.24, 2.45) is 11.8 Å².